The predicted molar refractivity (Wildman–Crippen MR) is 113 cm³/mol. The maximum Gasteiger partial charge on any atom is 0.0995 e. The highest BCUT2D eigenvalue weighted by Crippen LogP contribution is 2.20. The molecule has 0 amide bonds. The van der Waals surface area contributed by atoms with E-state index in [1.165, 1.54) is 11.3 Å². The van der Waals surface area contributed by atoms with Crippen LogP contribution in [0.4, 0.5) is 0 Å². The van der Waals surface area contributed by atoms with Gasteiger partial charge in [0.1, 0.15) is 0 Å². The van der Waals surface area contributed by atoms with Crippen LogP contribution in [0, 0.1) is 13.8 Å². The van der Waals surface area contributed by atoms with Gasteiger partial charge in [-0.05, 0) is 26.0 Å². The van der Waals surface area contributed by atoms with Crippen molar-refractivity contribution >= 4 is 0 Å². The Labute approximate surface area is 162 Å². The fraction of sp³-hybridized carbons (Fsp3) is 0.217. The molecule has 2 aromatic carbocycles. The van der Waals surface area contributed by atoms with Gasteiger partial charge in [0.2, 0.25) is 0 Å². The molecular formula is C23H28N4. The molecule has 0 atom stereocenters. The number of aryl methyl sites for hydroxylation is 3. The summed E-state index contributed by atoms with van der Waals surface area (Å²) in [4.78, 5) is 8.41. The molecule has 4 rings (SSSR count). The predicted octanol–water partition coefficient (Wildman–Crippen LogP) is 5.60. The van der Waals surface area contributed by atoms with E-state index >= 15 is 0 Å². The molecule has 0 aliphatic carbocycles. The van der Waals surface area contributed by atoms with Crippen LogP contribution in [-0.2, 0) is 7.05 Å². The first-order valence-electron chi connectivity index (χ1n) is 9.24. The van der Waals surface area contributed by atoms with Crippen molar-refractivity contribution in [2.45, 2.75) is 27.7 Å². The molecule has 0 bridgehead atoms. The average molecular weight is 361 g/mol. The van der Waals surface area contributed by atoms with E-state index in [9.17, 15) is 0 Å². The number of rotatable bonds is 2. The maximum atomic E-state index is 4.26. The second kappa shape index (κ2) is 10.1. The van der Waals surface area contributed by atoms with Gasteiger partial charge in [0.15, 0.2) is 0 Å². The van der Waals surface area contributed by atoms with Crippen LogP contribution in [0.2, 0.25) is 0 Å². The third kappa shape index (κ3) is 5.42. The summed E-state index contributed by atoms with van der Waals surface area (Å²) in [6.45, 7) is 8.02. The molecule has 0 saturated carbocycles. The summed E-state index contributed by atoms with van der Waals surface area (Å²) in [6, 6.07) is 20.5. The van der Waals surface area contributed by atoms with Crippen LogP contribution < -0.4 is 0 Å². The Morgan fingerprint density at radius 1 is 0.741 bits per heavy atom. The highest BCUT2D eigenvalue weighted by atomic mass is 15.0. The van der Waals surface area contributed by atoms with Crippen LogP contribution in [-0.4, -0.2) is 19.1 Å². The summed E-state index contributed by atoms with van der Waals surface area (Å²) in [5, 5.41) is 0. The lowest BCUT2D eigenvalue weighted by molar-refractivity contribution is 0.921. The molecule has 0 fully saturated rings. The topological polar surface area (TPSA) is 35.6 Å². The fourth-order valence-corrected chi connectivity index (χ4v) is 2.72. The molecule has 0 saturated heterocycles. The van der Waals surface area contributed by atoms with Crippen molar-refractivity contribution in [3.05, 3.63) is 90.9 Å². The van der Waals surface area contributed by atoms with Gasteiger partial charge in [-0.3, -0.25) is 0 Å². The zero-order valence-corrected chi connectivity index (χ0v) is 16.8. The Balaban J connectivity index is 0.000000178. The number of aromatic nitrogens is 4. The van der Waals surface area contributed by atoms with E-state index in [-0.39, 0.29) is 0 Å². The molecule has 2 aromatic heterocycles. The van der Waals surface area contributed by atoms with Gasteiger partial charge < -0.3 is 9.13 Å². The summed E-state index contributed by atoms with van der Waals surface area (Å²) >= 11 is 0. The number of benzene rings is 2. The van der Waals surface area contributed by atoms with E-state index in [1.54, 1.807) is 0 Å². The standard InChI is InChI=1S/C11H12N2.C10H10N2.C2H6/c1-9-11(13(2)8-12-9)10-6-4-3-5-7-10;1-9-7-12(8-11-9)10-5-3-2-4-6-10;1-2/h3-8H,1-2H3;2-8H,1H3;1-2H3. The molecule has 4 aromatic rings. The molecular weight excluding hydrogens is 332 g/mol. The number of para-hydroxylation sites is 1. The van der Waals surface area contributed by atoms with Crippen molar-refractivity contribution in [2.24, 2.45) is 7.05 Å². The molecule has 0 unspecified atom stereocenters. The first-order chi connectivity index (χ1) is 13.1. The number of imidazole rings is 2. The van der Waals surface area contributed by atoms with E-state index in [0.29, 0.717) is 0 Å². The quantitative estimate of drug-likeness (QED) is 0.466. The molecule has 140 valence electrons. The third-order valence-corrected chi connectivity index (χ3v) is 3.93. The summed E-state index contributed by atoms with van der Waals surface area (Å²) < 4.78 is 4.06. The molecule has 0 N–H and O–H groups in total. The first-order valence-corrected chi connectivity index (χ1v) is 9.24. The van der Waals surface area contributed by atoms with Crippen molar-refractivity contribution in [2.75, 3.05) is 0 Å². The summed E-state index contributed by atoms with van der Waals surface area (Å²) in [5.41, 5.74) is 5.69. The number of nitrogens with zero attached hydrogens (tertiary/aromatic N) is 4. The normalized spacial score (nSPS) is 9.67. The Morgan fingerprint density at radius 2 is 1.33 bits per heavy atom. The van der Waals surface area contributed by atoms with Crippen LogP contribution in [0.25, 0.3) is 16.9 Å². The zero-order valence-electron chi connectivity index (χ0n) is 16.8. The van der Waals surface area contributed by atoms with Crippen LogP contribution in [0.1, 0.15) is 25.2 Å². The maximum absolute atomic E-state index is 4.26. The SMILES string of the molecule is CC.Cc1cn(-c2ccccc2)cn1.Cc1ncn(C)c1-c1ccccc1. The minimum Gasteiger partial charge on any atom is -0.334 e. The van der Waals surface area contributed by atoms with Crippen molar-refractivity contribution < 1.29 is 0 Å². The molecule has 0 aliphatic heterocycles. The van der Waals surface area contributed by atoms with Crippen LogP contribution in [0.3, 0.4) is 0 Å². The van der Waals surface area contributed by atoms with Crippen molar-refractivity contribution in [3.8, 4) is 16.9 Å². The molecule has 0 radical (unpaired) electrons. The van der Waals surface area contributed by atoms with E-state index in [1.807, 2.05) is 99.1 Å². The Kier molecular flexibility index (Phi) is 7.56. The first kappa shape index (κ1) is 20.2. The Hall–Kier alpha value is -3.14. The van der Waals surface area contributed by atoms with Gasteiger partial charge in [-0.1, -0.05) is 62.4 Å². The van der Waals surface area contributed by atoms with Gasteiger partial charge in [0.25, 0.3) is 0 Å². The minimum atomic E-state index is 1.04. The minimum absolute atomic E-state index is 1.04. The van der Waals surface area contributed by atoms with Gasteiger partial charge in [0.05, 0.1) is 29.7 Å². The van der Waals surface area contributed by atoms with Gasteiger partial charge in [-0.25, -0.2) is 9.97 Å². The van der Waals surface area contributed by atoms with Gasteiger partial charge >= 0.3 is 0 Å². The largest absolute Gasteiger partial charge is 0.334 e. The molecule has 0 spiro atoms. The average Bonchev–Trinajstić information content (AvgIpc) is 3.30. The van der Waals surface area contributed by atoms with E-state index in [4.69, 9.17) is 0 Å². The van der Waals surface area contributed by atoms with Crippen LogP contribution >= 0.6 is 0 Å². The number of hydrogen-bond acceptors (Lipinski definition) is 2. The highest BCUT2D eigenvalue weighted by Gasteiger charge is 2.05. The summed E-state index contributed by atoms with van der Waals surface area (Å²) in [7, 11) is 2.02. The molecule has 27 heavy (non-hydrogen) atoms. The second-order valence-electron chi connectivity index (χ2n) is 5.91. The van der Waals surface area contributed by atoms with Gasteiger partial charge in [-0.2, -0.15) is 0 Å². The molecule has 4 nitrogen and oxygen atoms in total. The summed E-state index contributed by atoms with van der Waals surface area (Å²) in [5.74, 6) is 0. The van der Waals surface area contributed by atoms with Crippen molar-refractivity contribution in [3.63, 3.8) is 0 Å². The van der Waals surface area contributed by atoms with E-state index in [2.05, 4.69) is 34.2 Å². The number of hydrogen-bond donors (Lipinski definition) is 0. The van der Waals surface area contributed by atoms with Crippen LogP contribution in [0.5, 0.6) is 0 Å². The smallest absolute Gasteiger partial charge is 0.0995 e. The lowest BCUT2D eigenvalue weighted by Gasteiger charge is -2.02. The van der Waals surface area contributed by atoms with Crippen molar-refractivity contribution in [1.82, 2.24) is 19.1 Å². The van der Waals surface area contributed by atoms with Crippen LogP contribution in [0.15, 0.2) is 79.5 Å². The molecule has 4 heteroatoms. The van der Waals surface area contributed by atoms with Gasteiger partial charge in [0, 0.05) is 24.5 Å². The molecule has 0 aliphatic rings. The lowest BCUT2D eigenvalue weighted by atomic mass is 10.1. The molecule has 2 heterocycles. The monoisotopic (exact) mass is 360 g/mol. The Morgan fingerprint density at radius 3 is 1.81 bits per heavy atom. The van der Waals surface area contributed by atoms with E-state index < -0.39 is 0 Å². The third-order valence-electron chi connectivity index (χ3n) is 3.93. The second-order valence-corrected chi connectivity index (χ2v) is 5.91. The summed E-state index contributed by atoms with van der Waals surface area (Å²) in [6.07, 6.45) is 5.68. The Bertz CT molecular complexity index is 902. The van der Waals surface area contributed by atoms with Gasteiger partial charge in [-0.15, -0.1) is 0 Å². The van der Waals surface area contributed by atoms with E-state index in [0.717, 1.165) is 17.1 Å². The lowest BCUT2D eigenvalue weighted by Crippen LogP contribution is -1.90. The highest BCUT2D eigenvalue weighted by molar-refractivity contribution is 5.61. The van der Waals surface area contributed by atoms with Crippen molar-refractivity contribution in [1.29, 1.82) is 0 Å². The fourth-order valence-electron chi connectivity index (χ4n) is 2.72. The zero-order chi connectivity index (χ0) is 19.6.